The smallest absolute Gasteiger partial charge is 0.236 e. The van der Waals surface area contributed by atoms with Crippen LogP contribution in [-0.4, -0.2) is 61.5 Å². The normalized spacial score (nSPS) is 23.3. The predicted molar refractivity (Wildman–Crippen MR) is 73.5 cm³/mol. The van der Waals surface area contributed by atoms with E-state index in [1.54, 1.807) is 0 Å². The largest absolute Gasteiger partial charge is 0.342 e. The standard InChI is InChI=1S/C14H27N3O/c1-12(2)16(3)10-13(18)17-8-5-14(6-9-17)4-7-15-11-14/h12,15H,4-11H2,1-3H3. The molecule has 1 amide bonds. The van der Waals surface area contributed by atoms with Crippen molar-refractivity contribution in [1.29, 1.82) is 0 Å². The van der Waals surface area contributed by atoms with Crippen LogP contribution in [0.5, 0.6) is 0 Å². The summed E-state index contributed by atoms with van der Waals surface area (Å²) >= 11 is 0. The molecule has 2 saturated heterocycles. The summed E-state index contributed by atoms with van der Waals surface area (Å²) in [5, 5.41) is 3.46. The second-order valence-corrected chi connectivity index (χ2v) is 6.32. The Balaban J connectivity index is 1.80. The average molecular weight is 253 g/mol. The van der Waals surface area contributed by atoms with Gasteiger partial charge in [-0.3, -0.25) is 9.69 Å². The van der Waals surface area contributed by atoms with Crippen LogP contribution in [0, 0.1) is 5.41 Å². The van der Waals surface area contributed by atoms with Crippen LogP contribution in [0.3, 0.4) is 0 Å². The molecule has 0 unspecified atom stereocenters. The first-order valence-corrected chi connectivity index (χ1v) is 7.21. The molecule has 0 aromatic carbocycles. The zero-order chi connectivity index (χ0) is 13.2. The Hall–Kier alpha value is -0.610. The van der Waals surface area contributed by atoms with Gasteiger partial charge in [-0.2, -0.15) is 0 Å². The molecule has 104 valence electrons. The lowest BCUT2D eigenvalue weighted by Crippen LogP contribution is -2.47. The van der Waals surface area contributed by atoms with Crippen molar-refractivity contribution in [3.05, 3.63) is 0 Å². The van der Waals surface area contributed by atoms with Crippen LogP contribution < -0.4 is 5.32 Å². The van der Waals surface area contributed by atoms with Crippen molar-refractivity contribution in [3.63, 3.8) is 0 Å². The molecule has 0 saturated carbocycles. The summed E-state index contributed by atoms with van der Waals surface area (Å²) in [7, 11) is 2.02. The van der Waals surface area contributed by atoms with E-state index in [2.05, 4.69) is 29.0 Å². The summed E-state index contributed by atoms with van der Waals surface area (Å²) in [5.41, 5.74) is 0.501. The zero-order valence-electron chi connectivity index (χ0n) is 12.0. The number of carbonyl (C=O) groups excluding carboxylic acids is 1. The summed E-state index contributed by atoms with van der Waals surface area (Å²) in [5.74, 6) is 0.298. The van der Waals surface area contributed by atoms with E-state index in [1.165, 1.54) is 19.3 Å². The summed E-state index contributed by atoms with van der Waals surface area (Å²) < 4.78 is 0. The first-order valence-electron chi connectivity index (χ1n) is 7.21. The van der Waals surface area contributed by atoms with Gasteiger partial charge in [-0.1, -0.05) is 0 Å². The lowest BCUT2D eigenvalue weighted by atomic mass is 9.78. The quantitative estimate of drug-likeness (QED) is 0.813. The third-order valence-corrected chi connectivity index (χ3v) is 4.78. The van der Waals surface area contributed by atoms with E-state index in [-0.39, 0.29) is 0 Å². The molecule has 0 aromatic rings. The maximum absolute atomic E-state index is 12.2. The number of likely N-dealkylation sites (tertiary alicyclic amines) is 1. The molecule has 4 nitrogen and oxygen atoms in total. The molecule has 2 heterocycles. The SMILES string of the molecule is CC(C)N(C)CC(=O)N1CCC2(CCNC2)CC1. The minimum absolute atomic E-state index is 0.298. The molecule has 2 rings (SSSR count). The Morgan fingerprint density at radius 3 is 2.50 bits per heavy atom. The number of hydrogen-bond acceptors (Lipinski definition) is 3. The van der Waals surface area contributed by atoms with Gasteiger partial charge in [-0.25, -0.2) is 0 Å². The predicted octanol–water partition coefficient (Wildman–Crippen LogP) is 0.929. The van der Waals surface area contributed by atoms with Crippen LogP contribution in [-0.2, 0) is 4.79 Å². The van der Waals surface area contributed by atoms with Crippen molar-refractivity contribution < 1.29 is 4.79 Å². The summed E-state index contributed by atoms with van der Waals surface area (Å²) in [6.07, 6.45) is 3.65. The van der Waals surface area contributed by atoms with Gasteiger partial charge >= 0.3 is 0 Å². The second-order valence-electron chi connectivity index (χ2n) is 6.32. The first-order chi connectivity index (χ1) is 8.52. The van der Waals surface area contributed by atoms with Crippen LogP contribution in [0.15, 0.2) is 0 Å². The van der Waals surface area contributed by atoms with Crippen molar-refractivity contribution in [3.8, 4) is 0 Å². The highest BCUT2D eigenvalue weighted by Crippen LogP contribution is 2.36. The monoisotopic (exact) mass is 253 g/mol. The fourth-order valence-corrected chi connectivity index (χ4v) is 2.95. The van der Waals surface area contributed by atoms with Crippen LogP contribution >= 0.6 is 0 Å². The van der Waals surface area contributed by atoms with Crippen molar-refractivity contribution >= 4 is 5.91 Å². The summed E-state index contributed by atoms with van der Waals surface area (Å²) in [6.45, 7) is 9.03. The van der Waals surface area contributed by atoms with Crippen molar-refractivity contribution in [2.24, 2.45) is 5.41 Å². The van der Waals surface area contributed by atoms with E-state index in [4.69, 9.17) is 0 Å². The second kappa shape index (κ2) is 5.57. The van der Waals surface area contributed by atoms with Gasteiger partial charge in [0.2, 0.25) is 5.91 Å². The van der Waals surface area contributed by atoms with Gasteiger partial charge in [-0.15, -0.1) is 0 Å². The topological polar surface area (TPSA) is 35.6 Å². The third-order valence-electron chi connectivity index (χ3n) is 4.78. The minimum atomic E-state index is 0.298. The van der Waals surface area contributed by atoms with Crippen LogP contribution in [0.25, 0.3) is 0 Å². The first kappa shape index (κ1) is 13.8. The van der Waals surface area contributed by atoms with E-state index in [0.29, 0.717) is 23.9 Å². The lowest BCUT2D eigenvalue weighted by Gasteiger charge is -2.39. The lowest BCUT2D eigenvalue weighted by molar-refractivity contribution is -0.134. The molecule has 0 aromatic heterocycles. The molecular weight excluding hydrogens is 226 g/mol. The molecule has 0 atom stereocenters. The van der Waals surface area contributed by atoms with E-state index in [1.807, 2.05) is 7.05 Å². The molecule has 1 N–H and O–H groups in total. The number of hydrogen-bond donors (Lipinski definition) is 1. The molecule has 0 radical (unpaired) electrons. The highest BCUT2D eigenvalue weighted by atomic mass is 16.2. The Morgan fingerprint density at radius 2 is 2.00 bits per heavy atom. The number of nitrogens with zero attached hydrogens (tertiary/aromatic N) is 2. The molecule has 2 fully saturated rings. The number of amides is 1. The van der Waals surface area contributed by atoms with E-state index in [9.17, 15) is 4.79 Å². The maximum atomic E-state index is 12.2. The number of carbonyl (C=O) groups is 1. The highest BCUT2D eigenvalue weighted by molar-refractivity contribution is 5.78. The molecule has 0 bridgehead atoms. The molecule has 0 aliphatic carbocycles. The minimum Gasteiger partial charge on any atom is -0.342 e. The Bertz CT molecular complexity index is 287. The van der Waals surface area contributed by atoms with Gasteiger partial charge < -0.3 is 10.2 Å². The van der Waals surface area contributed by atoms with Gasteiger partial charge in [0.15, 0.2) is 0 Å². The number of nitrogens with one attached hydrogen (secondary N) is 1. The molecule has 2 aliphatic heterocycles. The number of likely N-dealkylation sites (N-methyl/N-ethyl adjacent to an activating group) is 1. The summed E-state index contributed by atoms with van der Waals surface area (Å²) in [4.78, 5) is 16.4. The average Bonchev–Trinajstić information content (AvgIpc) is 2.78. The van der Waals surface area contributed by atoms with Crippen molar-refractivity contribution in [1.82, 2.24) is 15.1 Å². The van der Waals surface area contributed by atoms with Gasteiger partial charge in [-0.05, 0) is 52.1 Å². The van der Waals surface area contributed by atoms with E-state index in [0.717, 1.165) is 26.2 Å². The van der Waals surface area contributed by atoms with E-state index < -0.39 is 0 Å². The van der Waals surface area contributed by atoms with Gasteiger partial charge in [0.05, 0.1) is 6.54 Å². The molecule has 2 aliphatic rings. The number of piperidine rings is 1. The molecule has 1 spiro atoms. The number of rotatable bonds is 3. The Kier molecular flexibility index (Phi) is 4.28. The van der Waals surface area contributed by atoms with Crippen LogP contribution in [0.2, 0.25) is 0 Å². The molecule has 4 heteroatoms. The fourth-order valence-electron chi connectivity index (χ4n) is 2.95. The summed E-state index contributed by atoms with van der Waals surface area (Å²) in [6, 6.07) is 0.434. The zero-order valence-corrected chi connectivity index (χ0v) is 12.0. The fraction of sp³-hybridized carbons (Fsp3) is 0.929. The van der Waals surface area contributed by atoms with Crippen LogP contribution in [0.4, 0.5) is 0 Å². The Labute approximate surface area is 111 Å². The van der Waals surface area contributed by atoms with Crippen LogP contribution in [0.1, 0.15) is 33.1 Å². The molecular formula is C14H27N3O. The van der Waals surface area contributed by atoms with Gasteiger partial charge in [0.25, 0.3) is 0 Å². The van der Waals surface area contributed by atoms with Crippen molar-refractivity contribution in [2.75, 3.05) is 39.8 Å². The Morgan fingerprint density at radius 1 is 1.33 bits per heavy atom. The highest BCUT2D eigenvalue weighted by Gasteiger charge is 2.38. The third kappa shape index (κ3) is 3.04. The van der Waals surface area contributed by atoms with Gasteiger partial charge in [0, 0.05) is 25.7 Å². The van der Waals surface area contributed by atoms with E-state index >= 15 is 0 Å². The van der Waals surface area contributed by atoms with Crippen molar-refractivity contribution in [2.45, 2.75) is 39.2 Å². The maximum Gasteiger partial charge on any atom is 0.236 e. The van der Waals surface area contributed by atoms with Gasteiger partial charge in [0.1, 0.15) is 0 Å². The molecule has 18 heavy (non-hydrogen) atoms.